The number of likely N-dealkylation sites (tertiary alicyclic amines) is 1. The summed E-state index contributed by atoms with van der Waals surface area (Å²) >= 11 is 0. The fourth-order valence-electron chi connectivity index (χ4n) is 6.83. The highest BCUT2D eigenvalue weighted by Gasteiger charge is 2.47. The van der Waals surface area contributed by atoms with Crippen molar-refractivity contribution in [3.05, 3.63) is 81.6 Å². The lowest BCUT2D eigenvalue weighted by Crippen LogP contribution is -2.45. The van der Waals surface area contributed by atoms with Crippen LogP contribution in [0.2, 0.25) is 0 Å². The van der Waals surface area contributed by atoms with Crippen LogP contribution in [0.25, 0.3) is 0 Å². The molecule has 1 saturated heterocycles. The molecule has 1 aliphatic heterocycles. The molecule has 0 radical (unpaired) electrons. The molecule has 0 bridgehead atoms. The molecule has 11 heteroatoms. The number of aromatic nitrogens is 2. The van der Waals surface area contributed by atoms with Crippen LogP contribution in [0.15, 0.2) is 40.8 Å². The first-order chi connectivity index (χ1) is 22.0. The number of fused-ring (bicyclic) bond motifs is 2. The number of rotatable bonds is 9. The van der Waals surface area contributed by atoms with Crippen molar-refractivity contribution in [2.45, 2.75) is 69.9 Å². The van der Waals surface area contributed by atoms with Crippen molar-refractivity contribution in [2.75, 3.05) is 41.3 Å². The van der Waals surface area contributed by atoms with Crippen molar-refractivity contribution in [3.63, 3.8) is 0 Å². The number of amides is 3. The molecular formula is C35H43N7O4. The predicted octanol–water partition coefficient (Wildman–Crippen LogP) is 3.35. The molecular weight excluding hydrogens is 582 g/mol. The summed E-state index contributed by atoms with van der Waals surface area (Å²) in [7, 11) is 6.94. The summed E-state index contributed by atoms with van der Waals surface area (Å²) in [5.41, 5.74) is 4.09. The maximum absolute atomic E-state index is 13.2. The summed E-state index contributed by atoms with van der Waals surface area (Å²) in [6.45, 7) is 4.66. The van der Waals surface area contributed by atoms with E-state index in [1.807, 2.05) is 50.2 Å². The quantitative estimate of drug-likeness (QED) is 0.383. The second-order valence-corrected chi connectivity index (χ2v) is 12.8. The Morgan fingerprint density at radius 2 is 1.61 bits per heavy atom. The van der Waals surface area contributed by atoms with Gasteiger partial charge in [-0.15, -0.1) is 10.2 Å². The third-order valence-electron chi connectivity index (χ3n) is 9.17. The van der Waals surface area contributed by atoms with Crippen molar-refractivity contribution in [2.24, 2.45) is 0 Å². The highest BCUT2D eigenvalue weighted by molar-refractivity contribution is 5.95. The lowest BCUT2D eigenvalue weighted by Gasteiger charge is -2.36. The van der Waals surface area contributed by atoms with E-state index in [2.05, 4.69) is 21.6 Å². The standard InChI is InChI=1S/C35H43N7O4/c1-7-30-38-39-34(46-30)35(19-22(2)37-21-31(43)42-16-8-9-27(42)20-36)28-14-12-25(32(44)40(3)4)17-23(28)10-11-24-18-26(13-15-29(24)35)33(45)41(5)6/h12-15,17-18,22,27,37H,7-11,16,19,21H2,1-6H3/t22-,27?/m0/s1. The van der Waals surface area contributed by atoms with Gasteiger partial charge < -0.3 is 24.4 Å². The van der Waals surface area contributed by atoms with Crippen LogP contribution in [0.5, 0.6) is 0 Å². The Morgan fingerprint density at radius 1 is 1.02 bits per heavy atom. The van der Waals surface area contributed by atoms with Crippen molar-refractivity contribution < 1.29 is 18.8 Å². The molecule has 11 nitrogen and oxygen atoms in total. The Morgan fingerprint density at radius 3 is 2.11 bits per heavy atom. The molecule has 1 N–H and O–H groups in total. The maximum atomic E-state index is 13.2. The highest BCUT2D eigenvalue weighted by Crippen LogP contribution is 2.48. The van der Waals surface area contributed by atoms with Crippen molar-refractivity contribution >= 4 is 17.7 Å². The van der Waals surface area contributed by atoms with E-state index in [-0.39, 0.29) is 36.3 Å². The molecule has 2 aromatic carbocycles. The smallest absolute Gasteiger partial charge is 0.253 e. The van der Waals surface area contributed by atoms with Crippen LogP contribution in [0.4, 0.5) is 0 Å². The Balaban J connectivity index is 1.64. The monoisotopic (exact) mass is 625 g/mol. The molecule has 1 aromatic heterocycles. The van der Waals surface area contributed by atoms with Gasteiger partial charge in [0.05, 0.1) is 12.6 Å². The first-order valence-corrected chi connectivity index (χ1v) is 16.0. The van der Waals surface area contributed by atoms with Gasteiger partial charge in [-0.2, -0.15) is 5.26 Å². The molecule has 242 valence electrons. The van der Waals surface area contributed by atoms with Gasteiger partial charge in [-0.3, -0.25) is 14.4 Å². The molecule has 0 saturated carbocycles. The number of carbonyl (C=O) groups is 3. The number of hydrogen-bond donors (Lipinski definition) is 1. The third kappa shape index (κ3) is 6.14. The van der Waals surface area contributed by atoms with Crippen LogP contribution >= 0.6 is 0 Å². The molecule has 1 unspecified atom stereocenters. The van der Waals surface area contributed by atoms with Crippen LogP contribution in [0.3, 0.4) is 0 Å². The van der Waals surface area contributed by atoms with E-state index in [1.165, 1.54) is 0 Å². The molecule has 5 rings (SSSR count). The molecule has 1 fully saturated rings. The van der Waals surface area contributed by atoms with E-state index in [0.717, 1.165) is 28.7 Å². The summed E-state index contributed by atoms with van der Waals surface area (Å²) in [6.07, 6.45) is 3.81. The zero-order valence-corrected chi connectivity index (χ0v) is 27.6. The maximum Gasteiger partial charge on any atom is 0.253 e. The van der Waals surface area contributed by atoms with Crippen LogP contribution in [-0.4, -0.2) is 96.0 Å². The molecule has 3 aromatic rings. The normalized spacial score (nSPS) is 17.3. The zero-order chi connectivity index (χ0) is 33.2. The summed E-state index contributed by atoms with van der Waals surface area (Å²) < 4.78 is 6.40. The first-order valence-electron chi connectivity index (χ1n) is 16.0. The third-order valence-corrected chi connectivity index (χ3v) is 9.17. The molecule has 1 aliphatic carbocycles. The Kier molecular flexibility index (Phi) is 9.58. The molecule has 2 heterocycles. The number of nitrogens with one attached hydrogen (secondary N) is 1. The number of aryl methyl sites for hydroxylation is 3. The highest BCUT2D eigenvalue weighted by atomic mass is 16.4. The van der Waals surface area contributed by atoms with Crippen molar-refractivity contribution in [3.8, 4) is 6.07 Å². The van der Waals surface area contributed by atoms with Gasteiger partial charge >= 0.3 is 0 Å². The van der Waals surface area contributed by atoms with E-state index >= 15 is 0 Å². The number of hydrogen-bond acceptors (Lipinski definition) is 8. The Labute approximate surface area is 270 Å². The number of benzene rings is 2. The number of nitriles is 1. The second kappa shape index (κ2) is 13.4. The van der Waals surface area contributed by atoms with Crippen LogP contribution in [0, 0.1) is 11.3 Å². The Bertz CT molecular complexity index is 1600. The van der Waals surface area contributed by atoms with E-state index in [9.17, 15) is 19.6 Å². The summed E-state index contributed by atoms with van der Waals surface area (Å²) in [4.78, 5) is 44.0. The van der Waals surface area contributed by atoms with Gasteiger partial charge in [0.25, 0.3) is 11.8 Å². The molecule has 2 atom stereocenters. The minimum Gasteiger partial charge on any atom is -0.424 e. The lowest BCUT2D eigenvalue weighted by molar-refractivity contribution is -0.130. The molecule has 46 heavy (non-hydrogen) atoms. The van der Waals surface area contributed by atoms with Gasteiger partial charge in [-0.1, -0.05) is 19.1 Å². The molecule has 3 amide bonds. The summed E-state index contributed by atoms with van der Waals surface area (Å²) in [5, 5.41) is 21.9. The van der Waals surface area contributed by atoms with Crippen LogP contribution < -0.4 is 5.32 Å². The fourth-order valence-corrected chi connectivity index (χ4v) is 6.83. The minimum atomic E-state index is -0.945. The van der Waals surface area contributed by atoms with Gasteiger partial charge in [-0.25, -0.2) is 0 Å². The summed E-state index contributed by atoms with van der Waals surface area (Å²) in [6, 6.07) is 13.2. The van der Waals surface area contributed by atoms with E-state index < -0.39 is 5.41 Å². The van der Waals surface area contributed by atoms with Crippen molar-refractivity contribution in [1.29, 1.82) is 5.26 Å². The minimum absolute atomic E-state index is 0.0890. The van der Waals surface area contributed by atoms with Crippen LogP contribution in [0.1, 0.15) is 87.9 Å². The second-order valence-electron chi connectivity index (χ2n) is 12.8. The zero-order valence-electron chi connectivity index (χ0n) is 27.6. The first kappa shape index (κ1) is 32.8. The molecule has 2 aliphatic rings. The number of carbonyl (C=O) groups excluding carboxylic acids is 3. The van der Waals surface area contributed by atoms with E-state index in [4.69, 9.17) is 4.42 Å². The van der Waals surface area contributed by atoms with Crippen molar-refractivity contribution in [1.82, 2.24) is 30.2 Å². The SMILES string of the molecule is CCc1nnc(C2(C[C@H](C)NCC(=O)N3CCCC3C#N)c3ccc(C(=O)N(C)C)cc3CCc3cc(C(=O)N(C)C)ccc32)o1. The average Bonchev–Trinajstić information content (AvgIpc) is 3.72. The lowest BCUT2D eigenvalue weighted by atomic mass is 9.68. The van der Waals surface area contributed by atoms with Gasteiger partial charge in [0, 0.05) is 58.3 Å². The van der Waals surface area contributed by atoms with Gasteiger partial charge in [0.1, 0.15) is 11.5 Å². The van der Waals surface area contributed by atoms with Gasteiger partial charge in [0.2, 0.25) is 17.7 Å². The topological polar surface area (TPSA) is 136 Å². The van der Waals surface area contributed by atoms with Gasteiger partial charge in [0.15, 0.2) is 0 Å². The molecule has 0 spiro atoms. The van der Waals surface area contributed by atoms with E-state index in [0.29, 0.717) is 61.6 Å². The van der Waals surface area contributed by atoms with Gasteiger partial charge in [-0.05, 0) is 85.5 Å². The average molecular weight is 626 g/mol. The predicted molar refractivity (Wildman–Crippen MR) is 172 cm³/mol. The van der Waals surface area contributed by atoms with Crippen LogP contribution in [-0.2, 0) is 29.5 Å². The number of nitrogens with zero attached hydrogens (tertiary/aromatic N) is 6. The summed E-state index contributed by atoms with van der Waals surface area (Å²) in [5.74, 6) is 0.651. The Hall–Kier alpha value is -4.56. The van der Waals surface area contributed by atoms with E-state index in [1.54, 1.807) is 42.9 Å². The largest absolute Gasteiger partial charge is 0.424 e. The fraction of sp³-hybridized carbons (Fsp3) is 0.486.